The first kappa shape index (κ1) is 19.8. The van der Waals surface area contributed by atoms with Gasteiger partial charge in [0.25, 0.3) is 11.5 Å². The molecule has 8 heteroatoms. The van der Waals surface area contributed by atoms with Crippen molar-refractivity contribution in [2.24, 2.45) is 0 Å². The van der Waals surface area contributed by atoms with Crippen molar-refractivity contribution >= 4 is 27.5 Å². The molecule has 0 spiro atoms. The molecule has 0 N–H and O–H groups in total. The molecule has 1 atom stereocenters. The lowest BCUT2D eigenvalue weighted by Gasteiger charge is -2.33. The summed E-state index contributed by atoms with van der Waals surface area (Å²) in [6.45, 7) is 9.96. The third kappa shape index (κ3) is 3.39. The van der Waals surface area contributed by atoms with E-state index >= 15 is 0 Å². The molecule has 0 radical (unpaired) electrons. The van der Waals surface area contributed by atoms with E-state index in [0.717, 1.165) is 52.2 Å². The van der Waals surface area contributed by atoms with Crippen LogP contribution in [0.2, 0.25) is 0 Å². The topological polar surface area (TPSA) is 73.0 Å². The summed E-state index contributed by atoms with van der Waals surface area (Å²) in [7, 11) is 0. The Morgan fingerprint density at radius 3 is 2.79 bits per heavy atom. The van der Waals surface area contributed by atoms with Crippen LogP contribution in [0, 0.1) is 13.8 Å². The van der Waals surface area contributed by atoms with Gasteiger partial charge in [-0.3, -0.25) is 18.8 Å². The minimum atomic E-state index is -0.0523. The molecule has 7 nitrogen and oxygen atoms in total. The second kappa shape index (κ2) is 7.74. The molecule has 0 saturated carbocycles. The van der Waals surface area contributed by atoms with Crippen LogP contribution in [0.25, 0.3) is 10.2 Å². The molecule has 1 aliphatic heterocycles. The monoisotopic (exact) mass is 413 g/mol. The van der Waals surface area contributed by atoms with Gasteiger partial charge in [0, 0.05) is 30.7 Å². The molecule has 0 unspecified atom stereocenters. The Morgan fingerprint density at radius 2 is 2.10 bits per heavy atom. The number of carbonyl (C=O) groups excluding carboxylic acids is 1. The normalized spacial score (nSPS) is 17.2. The number of aromatic nitrogens is 4. The van der Waals surface area contributed by atoms with Crippen molar-refractivity contribution in [2.45, 2.75) is 59.5 Å². The van der Waals surface area contributed by atoms with Crippen molar-refractivity contribution in [1.29, 1.82) is 0 Å². The maximum atomic E-state index is 13.3. The number of thiophene rings is 1. The van der Waals surface area contributed by atoms with Gasteiger partial charge >= 0.3 is 0 Å². The molecule has 3 aromatic rings. The SMILES string of the molecule is CCc1c(C)sc2ncn([C@H]3CCCN(C(=O)c4cn(CC)nc4C)C3)c(=O)c12. The smallest absolute Gasteiger partial charge is 0.262 e. The fourth-order valence-corrected chi connectivity index (χ4v) is 5.35. The molecular weight excluding hydrogens is 386 g/mol. The van der Waals surface area contributed by atoms with Crippen LogP contribution in [-0.2, 0) is 13.0 Å². The number of fused-ring (bicyclic) bond motifs is 1. The van der Waals surface area contributed by atoms with Crippen molar-refractivity contribution in [2.75, 3.05) is 13.1 Å². The zero-order valence-corrected chi connectivity index (χ0v) is 18.3. The predicted molar refractivity (Wildman–Crippen MR) is 115 cm³/mol. The predicted octanol–water partition coefficient (Wildman–Crippen LogP) is 3.33. The van der Waals surface area contributed by atoms with Crippen LogP contribution < -0.4 is 5.56 Å². The van der Waals surface area contributed by atoms with Gasteiger partial charge in [0.1, 0.15) is 4.83 Å². The van der Waals surface area contributed by atoms with Crippen molar-refractivity contribution < 1.29 is 4.79 Å². The number of piperidine rings is 1. The second-order valence-electron chi connectivity index (χ2n) is 7.66. The Kier molecular flexibility index (Phi) is 5.29. The highest BCUT2D eigenvalue weighted by Gasteiger charge is 2.28. The van der Waals surface area contributed by atoms with Gasteiger partial charge in [-0.2, -0.15) is 5.10 Å². The fourth-order valence-electron chi connectivity index (χ4n) is 4.28. The quantitative estimate of drug-likeness (QED) is 0.658. The van der Waals surface area contributed by atoms with E-state index in [2.05, 4.69) is 23.9 Å². The van der Waals surface area contributed by atoms with Crippen molar-refractivity contribution in [3.8, 4) is 0 Å². The Hall–Kier alpha value is -2.48. The molecule has 154 valence electrons. The highest BCUT2D eigenvalue weighted by atomic mass is 32.1. The Bertz CT molecular complexity index is 1130. The van der Waals surface area contributed by atoms with E-state index in [0.29, 0.717) is 18.7 Å². The standard InChI is InChI=1S/C21H27N5O2S/c1-5-16-14(4)29-19-18(16)21(28)26(12-22-19)15-8-7-9-24(10-15)20(27)17-11-25(6-2)23-13(17)3/h11-12,15H,5-10H2,1-4H3/t15-/m0/s1. The molecule has 1 saturated heterocycles. The van der Waals surface area contributed by atoms with E-state index in [4.69, 9.17) is 0 Å². The van der Waals surface area contributed by atoms with Gasteiger partial charge in [0.15, 0.2) is 0 Å². The summed E-state index contributed by atoms with van der Waals surface area (Å²) in [5, 5.41) is 5.15. The molecule has 3 aromatic heterocycles. The van der Waals surface area contributed by atoms with Gasteiger partial charge < -0.3 is 4.90 Å². The van der Waals surface area contributed by atoms with E-state index in [-0.39, 0.29) is 17.5 Å². The van der Waals surface area contributed by atoms with Crippen molar-refractivity contribution in [1.82, 2.24) is 24.2 Å². The Balaban J connectivity index is 1.65. The van der Waals surface area contributed by atoms with E-state index in [1.54, 1.807) is 26.9 Å². The number of likely N-dealkylation sites (tertiary alicyclic amines) is 1. The lowest BCUT2D eigenvalue weighted by molar-refractivity contribution is 0.0676. The summed E-state index contributed by atoms with van der Waals surface area (Å²) < 4.78 is 3.53. The lowest BCUT2D eigenvalue weighted by Crippen LogP contribution is -2.43. The molecule has 4 heterocycles. The van der Waals surface area contributed by atoms with Gasteiger partial charge in [-0.15, -0.1) is 11.3 Å². The van der Waals surface area contributed by atoms with Gasteiger partial charge in [-0.1, -0.05) is 6.92 Å². The molecule has 0 aliphatic carbocycles. The first-order valence-electron chi connectivity index (χ1n) is 10.3. The van der Waals surface area contributed by atoms with Crippen LogP contribution >= 0.6 is 11.3 Å². The molecule has 1 amide bonds. The second-order valence-corrected chi connectivity index (χ2v) is 8.86. The number of aryl methyl sites for hydroxylation is 4. The molecule has 29 heavy (non-hydrogen) atoms. The van der Waals surface area contributed by atoms with Crippen molar-refractivity contribution in [3.05, 3.63) is 44.6 Å². The molecule has 0 bridgehead atoms. The summed E-state index contributed by atoms with van der Waals surface area (Å²) >= 11 is 1.58. The number of carbonyl (C=O) groups is 1. The van der Waals surface area contributed by atoms with Crippen LogP contribution in [0.15, 0.2) is 17.3 Å². The van der Waals surface area contributed by atoms with Crippen LogP contribution in [0.1, 0.15) is 59.2 Å². The van der Waals surface area contributed by atoms with Crippen molar-refractivity contribution in [3.63, 3.8) is 0 Å². The third-order valence-corrected chi connectivity index (χ3v) is 6.93. The van der Waals surface area contributed by atoms with Crippen LogP contribution in [-0.4, -0.2) is 43.2 Å². The average Bonchev–Trinajstić information content (AvgIpc) is 3.26. The molecule has 0 aromatic carbocycles. The van der Waals surface area contributed by atoms with Crippen LogP contribution in [0.3, 0.4) is 0 Å². The molecule has 1 fully saturated rings. The summed E-state index contributed by atoms with van der Waals surface area (Å²) in [5.41, 5.74) is 2.52. The fraction of sp³-hybridized carbons (Fsp3) is 0.524. The first-order chi connectivity index (χ1) is 13.9. The highest BCUT2D eigenvalue weighted by molar-refractivity contribution is 7.18. The van der Waals surface area contributed by atoms with E-state index in [1.807, 2.05) is 24.9 Å². The van der Waals surface area contributed by atoms with Crippen LogP contribution in [0.4, 0.5) is 0 Å². The maximum Gasteiger partial charge on any atom is 0.262 e. The Labute approximate surface area is 174 Å². The molecule has 1 aliphatic rings. The summed E-state index contributed by atoms with van der Waals surface area (Å²) in [6.07, 6.45) is 6.05. The number of amides is 1. The van der Waals surface area contributed by atoms with E-state index in [9.17, 15) is 9.59 Å². The number of hydrogen-bond donors (Lipinski definition) is 0. The van der Waals surface area contributed by atoms with Gasteiger partial charge in [0.2, 0.25) is 0 Å². The number of hydrogen-bond acceptors (Lipinski definition) is 5. The van der Waals surface area contributed by atoms with Crippen LogP contribution in [0.5, 0.6) is 0 Å². The first-order valence-corrected chi connectivity index (χ1v) is 11.1. The van der Waals surface area contributed by atoms with Gasteiger partial charge in [-0.25, -0.2) is 4.98 Å². The maximum absolute atomic E-state index is 13.3. The zero-order valence-electron chi connectivity index (χ0n) is 17.4. The largest absolute Gasteiger partial charge is 0.336 e. The summed E-state index contributed by atoms with van der Waals surface area (Å²) in [4.78, 5) is 34.8. The summed E-state index contributed by atoms with van der Waals surface area (Å²) in [6, 6.07) is -0.0523. The Morgan fingerprint density at radius 1 is 1.31 bits per heavy atom. The lowest BCUT2D eigenvalue weighted by atomic mass is 10.0. The highest BCUT2D eigenvalue weighted by Crippen LogP contribution is 2.28. The molecular formula is C21H27N5O2S. The average molecular weight is 414 g/mol. The third-order valence-electron chi connectivity index (χ3n) is 5.87. The van der Waals surface area contributed by atoms with E-state index < -0.39 is 0 Å². The minimum absolute atomic E-state index is 0.00499. The zero-order chi connectivity index (χ0) is 20.7. The minimum Gasteiger partial charge on any atom is -0.336 e. The molecule has 4 rings (SSSR count). The summed E-state index contributed by atoms with van der Waals surface area (Å²) in [5.74, 6) is -0.00499. The van der Waals surface area contributed by atoms with Gasteiger partial charge in [-0.05, 0) is 45.6 Å². The van der Waals surface area contributed by atoms with E-state index in [1.165, 1.54) is 0 Å². The van der Waals surface area contributed by atoms with Gasteiger partial charge in [0.05, 0.1) is 29.0 Å². The number of nitrogens with zero attached hydrogens (tertiary/aromatic N) is 5. The number of rotatable bonds is 4.